The molecule has 1 aliphatic heterocycles. The summed E-state index contributed by atoms with van der Waals surface area (Å²) in [5, 5.41) is 0. The van der Waals surface area contributed by atoms with Gasteiger partial charge in [-0.1, -0.05) is 35.0 Å². The molecule has 0 saturated carbocycles. The van der Waals surface area contributed by atoms with Crippen molar-refractivity contribution in [1.82, 2.24) is 4.31 Å². The Labute approximate surface area is 129 Å². The second-order valence-corrected chi connectivity index (χ2v) is 8.78. The highest BCUT2D eigenvalue weighted by Crippen LogP contribution is 2.32. The minimum atomic E-state index is -3.41. The first-order valence-electron chi connectivity index (χ1n) is 6.74. The molecule has 6 heteroatoms. The number of anilines is 1. The molecule has 0 radical (unpaired) electrons. The number of rotatable bonds is 3. The van der Waals surface area contributed by atoms with Crippen molar-refractivity contribution < 1.29 is 8.42 Å². The van der Waals surface area contributed by atoms with E-state index in [-0.39, 0.29) is 0 Å². The SMILES string of the molecule is CC1CN(c2ccccc2S(=O)(=O)N(C)C)CCC1Br. The Balaban J connectivity index is 2.39. The molecule has 0 spiro atoms. The van der Waals surface area contributed by atoms with Gasteiger partial charge in [-0.15, -0.1) is 0 Å². The zero-order valence-electron chi connectivity index (χ0n) is 12.1. The van der Waals surface area contributed by atoms with Crippen molar-refractivity contribution >= 4 is 31.6 Å². The van der Waals surface area contributed by atoms with E-state index < -0.39 is 10.0 Å². The number of sulfonamides is 1. The minimum absolute atomic E-state index is 0.394. The molecular weight excluding hydrogens is 340 g/mol. The average Bonchev–Trinajstić information content (AvgIpc) is 2.41. The lowest BCUT2D eigenvalue weighted by Gasteiger charge is -2.37. The van der Waals surface area contributed by atoms with E-state index in [1.807, 2.05) is 12.1 Å². The van der Waals surface area contributed by atoms with E-state index in [1.54, 1.807) is 26.2 Å². The lowest BCUT2D eigenvalue weighted by Crippen LogP contribution is -2.40. The molecule has 1 saturated heterocycles. The molecule has 0 N–H and O–H groups in total. The Hall–Kier alpha value is -0.590. The number of alkyl halides is 1. The third-order valence-electron chi connectivity index (χ3n) is 3.77. The molecule has 0 amide bonds. The van der Waals surface area contributed by atoms with Crippen LogP contribution in [0.4, 0.5) is 5.69 Å². The van der Waals surface area contributed by atoms with Crippen LogP contribution in [0.2, 0.25) is 0 Å². The summed E-state index contributed by atoms with van der Waals surface area (Å²) in [6, 6.07) is 7.27. The van der Waals surface area contributed by atoms with Crippen molar-refractivity contribution in [3.63, 3.8) is 0 Å². The first kappa shape index (κ1) is 15.8. The molecule has 2 rings (SSSR count). The van der Waals surface area contributed by atoms with Gasteiger partial charge in [-0.25, -0.2) is 12.7 Å². The topological polar surface area (TPSA) is 40.6 Å². The van der Waals surface area contributed by atoms with Crippen LogP contribution in [0.15, 0.2) is 29.2 Å². The molecular formula is C14H21BrN2O2S. The van der Waals surface area contributed by atoms with Crippen LogP contribution >= 0.6 is 15.9 Å². The summed E-state index contributed by atoms with van der Waals surface area (Å²) in [5.74, 6) is 0.499. The molecule has 1 aromatic carbocycles. The average molecular weight is 361 g/mol. The van der Waals surface area contributed by atoms with Gasteiger partial charge in [0.1, 0.15) is 4.90 Å². The van der Waals surface area contributed by atoms with Crippen LogP contribution in [0.3, 0.4) is 0 Å². The summed E-state index contributed by atoms with van der Waals surface area (Å²) >= 11 is 3.68. The first-order chi connectivity index (χ1) is 9.34. The number of hydrogen-bond acceptors (Lipinski definition) is 3. The van der Waals surface area contributed by atoms with E-state index in [0.29, 0.717) is 15.6 Å². The van der Waals surface area contributed by atoms with E-state index in [2.05, 4.69) is 27.8 Å². The number of hydrogen-bond donors (Lipinski definition) is 0. The maximum absolute atomic E-state index is 12.4. The zero-order chi connectivity index (χ0) is 14.9. The molecule has 0 aliphatic carbocycles. The molecule has 0 bridgehead atoms. The van der Waals surface area contributed by atoms with Crippen molar-refractivity contribution in [3.8, 4) is 0 Å². The molecule has 0 aromatic heterocycles. The smallest absolute Gasteiger partial charge is 0.244 e. The zero-order valence-corrected chi connectivity index (χ0v) is 14.5. The molecule has 2 atom stereocenters. The van der Waals surface area contributed by atoms with Gasteiger partial charge in [0.25, 0.3) is 0 Å². The third-order valence-corrected chi connectivity index (χ3v) is 6.99. The largest absolute Gasteiger partial charge is 0.370 e. The fraction of sp³-hybridized carbons (Fsp3) is 0.571. The Morgan fingerprint density at radius 1 is 1.30 bits per heavy atom. The molecule has 4 nitrogen and oxygen atoms in total. The van der Waals surface area contributed by atoms with Crippen molar-refractivity contribution in [1.29, 1.82) is 0 Å². The van der Waals surface area contributed by atoms with Crippen molar-refractivity contribution in [3.05, 3.63) is 24.3 Å². The highest BCUT2D eigenvalue weighted by molar-refractivity contribution is 9.09. The second-order valence-electron chi connectivity index (χ2n) is 5.48. The number of benzene rings is 1. The Kier molecular flexibility index (Phi) is 4.76. The maximum atomic E-state index is 12.4. The number of piperidine rings is 1. The molecule has 2 unspecified atom stereocenters. The first-order valence-corrected chi connectivity index (χ1v) is 9.10. The summed E-state index contributed by atoms with van der Waals surface area (Å²) in [6.07, 6.45) is 1.03. The van der Waals surface area contributed by atoms with Gasteiger partial charge < -0.3 is 4.90 Å². The Morgan fingerprint density at radius 2 is 1.95 bits per heavy atom. The fourth-order valence-corrected chi connectivity index (χ4v) is 3.95. The van der Waals surface area contributed by atoms with E-state index in [1.165, 1.54) is 4.31 Å². The monoisotopic (exact) mass is 360 g/mol. The van der Waals surface area contributed by atoms with Crippen LogP contribution in [-0.4, -0.2) is 44.7 Å². The fourth-order valence-electron chi connectivity index (χ4n) is 2.47. The van der Waals surface area contributed by atoms with E-state index >= 15 is 0 Å². The third kappa shape index (κ3) is 3.02. The van der Waals surface area contributed by atoms with Gasteiger partial charge in [0, 0.05) is 32.0 Å². The molecule has 20 heavy (non-hydrogen) atoms. The van der Waals surface area contributed by atoms with Gasteiger partial charge in [0.15, 0.2) is 0 Å². The summed E-state index contributed by atoms with van der Waals surface area (Å²) in [5.41, 5.74) is 0.812. The van der Waals surface area contributed by atoms with Gasteiger partial charge in [0.2, 0.25) is 10.0 Å². The van der Waals surface area contributed by atoms with Gasteiger partial charge >= 0.3 is 0 Å². The van der Waals surface area contributed by atoms with E-state index in [4.69, 9.17) is 0 Å². The van der Waals surface area contributed by atoms with Crippen LogP contribution in [0.25, 0.3) is 0 Å². The van der Waals surface area contributed by atoms with E-state index in [0.717, 1.165) is 25.2 Å². The van der Waals surface area contributed by atoms with Gasteiger partial charge in [-0.3, -0.25) is 0 Å². The number of para-hydroxylation sites is 1. The molecule has 1 aromatic rings. The van der Waals surface area contributed by atoms with Crippen LogP contribution in [0.5, 0.6) is 0 Å². The van der Waals surface area contributed by atoms with Gasteiger partial charge in [-0.05, 0) is 24.5 Å². The Morgan fingerprint density at radius 3 is 2.55 bits per heavy atom. The van der Waals surface area contributed by atoms with Crippen molar-refractivity contribution in [2.75, 3.05) is 32.1 Å². The summed E-state index contributed by atoms with van der Waals surface area (Å²) in [4.78, 5) is 3.08. The molecule has 1 fully saturated rings. The summed E-state index contributed by atoms with van der Waals surface area (Å²) in [7, 11) is -0.270. The number of halogens is 1. The molecule has 1 heterocycles. The second kappa shape index (κ2) is 6.03. The standard InChI is InChI=1S/C14H21BrN2O2S/c1-11-10-17(9-8-12(11)15)13-6-4-5-7-14(13)20(18,19)16(2)3/h4-7,11-12H,8-10H2,1-3H3. The van der Waals surface area contributed by atoms with Crippen LogP contribution in [-0.2, 0) is 10.0 Å². The highest BCUT2D eigenvalue weighted by Gasteiger charge is 2.28. The predicted molar refractivity (Wildman–Crippen MR) is 86.0 cm³/mol. The van der Waals surface area contributed by atoms with Gasteiger partial charge in [-0.2, -0.15) is 0 Å². The number of nitrogens with zero attached hydrogens (tertiary/aromatic N) is 2. The maximum Gasteiger partial charge on any atom is 0.244 e. The summed E-state index contributed by atoms with van der Waals surface area (Å²) < 4.78 is 26.1. The van der Waals surface area contributed by atoms with Crippen molar-refractivity contribution in [2.24, 2.45) is 5.92 Å². The van der Waals surface area contributed by atoms with Crippen LogP contribution in [0, 0.1) is 5.92 Å². The minimum Gasteiger partial charge on any atom is -0.370 e. The van der Waals surface area contributed by atoms with Crippen molar-refractivity contribution in [2.45, 2.75) is 23.1 Å². The van der Waals surface area contributed by atoms with Crippen LogP contribution in [0.1, 0.15) is 13.3 Å². The summed E-state index contributed by atoms with van der Waals surface area (Å²) in [6.45, 7) is 3.94. The molecule has 112 valence electrons. The van der Waals surface area contributed by atoms with Crippen LogP contribution < -0.4 is 4.90 Å². The van der Waals surface area contributed by atoms with Gasteiger partial charge in [0.05, 0.1) is 5.69 Å². The molecule has 1 aliphatic rings. The van der Waals surface area contributed by atoms with E-state index in [9.17, 15) is 8.42 Å². The highest BCUT2D eigenvalue weighted by atomic mass is 79.9. The quantitative estimate of drug-likeness (QED) is 0.777. The Bertz CT molecular complexity index is 574. The normalized spacial score (nSPS) is 24.1. The predicted octanol–water partition coefficient (Wildman–Crippen LogP) is 2.55. The lowest BCUT2D eigenvalue weighted by molar-refractivity contribution is 0.463. The lowest BCUT2D eigenvalue weighted by atomic mass is 9.99.